The first-order valence-electron chi connectivity index (χ1n) is 10.2. The van der Waals surface area contributed by atoms with E-state index in [9.17, 15) is 9.59 Å². The van der Waals surface area contributed by atoms with Crippen molar-refractivity contribution in [2.45, 2.75) is 114 Å². The molecular weight excluding hydrogens is 327 g/mol. The Morgan fingerprint density at radius 3 is 1.56 bits per heavy atom. The minimum Gasteiger partial charge on any atom is -0.300 e. The van der Waals surface area contributed by atoms with E-state index in [1.807, 2.05) is 13.8 Å². The van der Waals surface area contributed by atoms with E-state index in [2.05, 4.69) is 55.4 Å². The predicted octanol–water partition coefficient (Wildman–Crippen LogP) is 7.64. The van der Waals surface area contributed by atoms with Gasteiger partial charge in [-0.05, 0) is 29.8 Å². The zero-order chi connectivity index (χ0) is 20.5. The molecule has 0 aliphatic rings. The fourth-order valence-corrected chi connectivity index (χ4v) is 3.47. The average molecular weight is 375 g/mol. The maximum absolute atomic E-state index is 11.3. The van der Waals surface area contributed by atoms with E-state index in [1.54, 1.807) is 0 Å². The van der Waals surface area contributed by atoms with Gasteiger partial charge >= 0.3 is 0 Å². The lowest BCUT2D eigenvalue weighted by atomic mass is 9.89. The van der Waals surface area contributed by atoms with Crippen LogP contribution in [0.2, 0.25) is 0 Å². The van der Waals surface area contributed by atoms with Gasteiger partial charge in [0.2, 0.25) is 0 Å². The monoisotopic (exact) mass is 374 g/mol. The van der Waals surface area contributed by atoms with Crippen LogP contribution in [0.5, 0.6) is 0 Å². The third-order valence-electron chi connectivity index (χ3n) is 3.08. The molecule has 0 spiro atoms. The van der Waals surface area contributed by atoms with E-state index >= 15 is 0 Å². The Bertz CT molecular complexity index is 322. The number of Topliss-reactive ketones (excluding diaryl/α,β-unsaturated/α-hetero) is 1. The maximum atomic E-state index is 11.3. The number of hydrogen-bond donors (Lipinski definition) is 0. The molecule has 2 nitrogen and oxygen atoms in total. The largest absolute Gasteiger partial charge is 0.300 e. The van der Waals surface area contributed by atoms with E-state index in [-0.39, 0.29) is 10.8 Å². The van der Waals surface area contributed by atoms with Gasteiger partial charge in [-0.1, -0.05) is 90.7 Å². The number of rotatable bonds is 9. The zero-order valence-corrected chi connectivity index (χ0v) is 20.0. The van der Waals surface area contributed by atoms with Gasteiger partial charge in [-0.2, -0.15) is 0 Å². The summed E-state index contributed by atoms with van der Waals surface area (Å²) in [6, 6.07) is 0. The van der Waals surface area contributed by atoms with Crippen molar-refractivity contribution in [3.8, 4) is 0 Å². The molecule has 0 N–H and O–H groups in total. The minimum atomic E-state index is 0.171. The van der Waals surface area contributed by atoms with Crippen LogP contribution in [0.4, 0.5) is 0 Å². The quantitative estimate of drug-likeness (QED) is 0.307. The number of ketones is 1. The van der Waals surface area contributed by atoms with Crippen molar-refractivity contribution in [3.63, 3.8) is 0 Å². The van der Waals surface area contributed by atoms with Crippen molar-refractivity contribution in [2.75, 3.05) is 6.16 Å². The predicted molar refractivity (Wildman–Crippen MR) is 117 cm³/mol. The molecule has 0 saturated carbocycles. The molecule has 0 saturated heterocycles. The van der Waals surface area contributed by atoms with E-state index in [1.165, 1.54) is 12.8 Å². The minimum absolute atomic E-state index is 0.171. The first kappa shape index (κ1) is 29.5. The molecular formula is C22H47O2P. The molecule has 0 bridgehead atoms. The van der Waals surface area contributed by atoms with E-state index < -0.39 is 0 Å². The molecule has 0 heterocycles. The van der Waals surface area contributed by atoms with Gasteiger partial charge in [0, 0.05) is 19.3 Å². The molecule has 3 heteroatoms. The summed E-state index contributed by atoms with van der Waals surface area (Å²) >= 11 is 0. The number of carbonyl (C=O) groups is 2. The van der Waals surface area contributed by atoms with Gasteiger partial charge in [0.1, 0.15) is 5.78 Å². The van der Waals surface area contributed by atoms with Crippen molar-refractivity contribution in [3.05, 3.63) is 0 Å². The summed E-state index contributed by atoms with van der Waals surface area (Å²) in [5.74, 6) is 0.416. The fourth-order valence-electron chi connectivity index (χ4n) is 2.00. The highest BCUT2D eigenvalue weighted by Gasteiger charge is 2.15. The summed E-state index contributed by atoms with van der Waals surface area (Å²) in [4.78, 5) is 22.6. The first-order valence-corrected chi connectivity index (χ1v) is 11.4. The Balaban J connectivity index is -0.000000353. The van der Waals surface area contributed by atoms with Crippen LogP contribution in [0.1, 0.15) is 114 Å². The molecule has 0 amide bonds. The normalized spacial score (nSPS) is 11.4. The Kier molecular flexibility index (Phi) is 20.3. The average Bonchev–Trinajstić information content (AvgIpc) is 2.44. The lowest BCUT2D eigenvalue weighted by Gasteiger charge is -2.16. The second-order valence-electron chi connectivity index (χ2n) is 8.82. The lowest BCUT2D eigenvalue weighted by molar-refractivity contribution is -0.120. The molecule has 0 aliphatic heterocycles. The van der Waals surface area contributed by atoms with Crippen molar-refractivity contribution in [1.82, 2.24) is 0 Å². The number of carbonyl (C=O) groups excluding carboxylic acids is 2. The summed E-state index contributed by atoms with van der Waals surface area (Å²) < 4.78 is 0. The second kappa shape index (κ2) is 17.2. The van der Waals surface area contributed by atoms with Crippen LogP contribution in [0.25, 0.3) is 0 Å². The van der Waals surface area contributed by atoms with Crippen molar-refractivity contribution in [1.29, 1.82) is 0 Å². The highest BCUT2D eigenvalue weighted by molar-refractivity contribution is 7.57. The molecule has 0 aromatic carbocycles. The van der Waals surface area contributed by atoms with Crippen LogP contribution >= 0.6 is 8.58 Å². The van der Waals surface area contributed by atoms with E-state index in [0.717, 1.165) is 38.3 Å². The van der Waals surface area contributed by atoms with Gasteiger partial charge < -0.3 is 0 Å². The Hall–Kier alpha value is -0.230. The summed E-state index contributed by atoms with van der Waals surface area (Å²) in [7, 11) is 0.547. The van der Waals surface area contributed by atoms with Gasteiger partial charge in [0.25, 0.3) is 0 Å². The highest BCUT2D eigenvalue weighted by atomic mass is 31.1. The van der Waals surface area contributed by atoms with Gasteiger partial charge in [-0.25, -0.2) is 0 Å². The van der Waals surface area contributed by atoms with Crippen LogP contribution < -0.4 is 0 Å². The van der Waals surface area contributed by atoms with Crippen LogP contribution in [-0.2, 0) is 9.59 Å². The van der Waals surface area contributed by atoms with E-state index in [4.69, 9.17) is 0 Å². The summed E-state index contributed by atoms with van der Waals surface area (Å²) in [6.07, 6.45) is 7.93. The highest BCUT2D eigenvalue weighted by Crippen LogP contribution is 2.26. The van der Waals surface area contributed by atoms with Crippen LogP contribution in [0.3, 0.4) is 0 Å². The molecule has 0 aliphatic carbocycles. The van der Waals surface area contributed by atoms with Crippen LogP contribution in [0.15, 0.2) is 0 Å². The molecule has 25 heavy (non-hydrogen) atoms. The molecule has 0 rings (SSSR count). The van der Waals surface area contributed by atoms with Gasteiger partial charge in [0.15, 0.2) is 5.52 Å². The van der Waals surface area contributed by atoms with Gasteiger partial charge in [-0.15, -0.1) is 0 Å². The Labute approximate surface area is 161 Å². The van der Waals surface area contributed by atoms with Crippen molar-refractivity contribution >= 4 is 19.9 Å². The molecule has 0 radical (unpaired) electrons. The zero-order valence-electron chi connectivity index (χ0n) is 19.0. The Morgan fingerprint density at radius 2 is 1.20 bits per heavy atom. The van der Waals surface area contributed by atoms with E-state index in [0.29, 0.717) is 19.9 Å². The third-order valence-corrected chi connectivity index (χ3v) is 4.25. The van der Waals surface area contributed by atoms with Crippen molar-refractivity contribution in [2.24, 2.45) is 10.8 Å². The smallest absolute Gasteiger partial charge is 0.151 e. The number of hydrogen-bond acceptors (Lipinski definition) is 2. The summed E-state index contributed by atoms with van der Waals surface area (Å²) in [5, 5.41) is 0. The molecule has 152 valence electrons. The van der Waals surface area contributed by atoms with Gasteiger partial charge in [-0.3, -0.25) is 9.59 Å². The molecule has 0 aromatic rings. The molecule has 1 atom stereocenters. The summed E-state index contributed by atoms with van der Waals surface area (Å²) in [6.45, 7) is 21.0. The molecule has 1 unspecified atom stereocenters. The lowest BCUT2D eigenvalue weighted by Crippen LogP contribution is -2.12. The van der Waals surface area contributed by atoms with Crippen LogP contribution in [-0.4, -0.2) is 17.5 Å². The standard InChI is InChI=1S/C10H21OP.C10H20O.C2H6/c1-5-6-7-12-9(11)8-10(2,3)4;1-5-6-7-9(11)8-10(2,3)4;1-2/h12H,5-8H2,1-4H3;5-8H2,1-4H3;1-2H3. The third kappa shape index (κ3) is 32.0. The first-order chi connectivity index (χ1) is 11.4. The van der Waals surface area contributed by atoms with Gasteiger partial charge in [0.05, 0.1) is 0 Å². The molecule has 0 fully saturated rings. The van der Waals surface area contributed by atoms with Crippen molar-refractivity contribution < 1.29 is 9.59 Å². The maximum Gasteiger partial charge on any atom is 0.151 e. The fraction of sp³-hybridized carbons (Fsp3) is 0.909. The number of unbranched alkanes of at least 4 members (excludes halogenated alkanes) is 2. The topological polar surface area (TPSA) is 34.1 Å². The molecule has 0 aromatic heterocycles. The Morgan fingerprint density at radius 1 is 0.760 bits per heavy atom. The summed E-state index contributed by atoms with van der Waals surface area (Å²) in [5.41, 5.74) is 0.803. The SMILES string of the molecule is CC.CCCCC(=O)CC(C)(C)C.CCCCPC(=O)CC(C)(C)C. The second-order valence-corrected chi connectivity index (χ2v) is 10.2. The van der Waals surface area contributed by atoms with Crippen LogP contribution in [0, 0.1) is 10.8 Å².